The van der Waals surface area contributed by atoms with E-state index in [0.717, 1.165) is 5.39 Å². The number of carbonyl (C=O) groups is 2. The normalized spacial score (nSPS) is 14.6. The highest BCUT2D eigenvalue weighted by Crippen LogP contribution is 2.35. The van der Waals surface area contributed by atoms with Crippen LogP contribution in [0.2, 0.25) is 0 Å². The zero-order valence-electron chi connectivity index (χ0n) is 15.3. The first-order chi connectivity index (χ1) is 13.7. The Hall–Kier alpha value is -3.18. The second-order valence-corrected chi connectivity index (χ2v) is 6.67. The third-order valence-electron chi connectivity index (χ3n) is 4.81. The van der Waals surface area contributed by atoms with Gasteiger partial charge in [-0.1, -0.05) is 42.5 Å². The van der Waals surface area contributed by atoms with Crippen LogP contribution in [0.4, 0.5) is 0 Å². The quantitative estimate of drug-likeness (QED) is 0.499. The maximum absolute atomic E-state index is 12.6. The predicted octanol–water partition coefficient (Wildman–Crippen LogP) is 4.39. The van der Waals surface area contributed by atoms with Crippen molar-refractivity contribution in [2.45, 2.75) is 12.8 Å². The summed E-state index contributed by atoms with van der Waals surface area (Å²) in [6.45, 7) is 1.13. The van der Waals surface area contributed by atoms with Crippen LogP contribution in [0, 0.1) is 5.92 Å². The molecule has 0 aliphatic carbocycles. The van der Waals surface area contributed by atoms with E-state index >= 15 is 0 Å². The zero-order valence-corrected chi connectivity index (χ0v) is 15.3. The van der Waals surface area contributed by atoms with E-state index in [0.29, 0.717) is 48.5 Å². The van der Waals surface area contributed by atoms with Gasteiger partial charge < -0.3 is 14.2 Å². The predicted molar refractivity (Wildman–Crippen MR) is 105 cm³/mol. The van der Waals surface area contributed by atoms with Crippen LogP contribution in [0.3, 0.4) is 0 Å². The van der Waals surface area contributed by atoms with Crippen molar-refractivity contribution < 1.29 is 23.8 Å². The minimum Gasteiger partial charge on any atom is -0.426 e. The van der Waals surface area contributed by atoms with Gasteiger partial charge in [-0.05, 0) is 42.5 Å². The molecule has 1 heterocycles. The van der Waals surface area contributed by atoms with Gasteiger partial charge in [-0.25, -0.2) is 4.79 Å². The van der Waals surface area contributed by atoms with E-state index in [1.54, 1.807) is 42.5 Å². The molecule has 4 rings (SSSR count). The van der Waals surface area contributed by atoms with Crippen molar-refractivity contribution in [2.24, 2.45) is 5.92 Å². The number of hydrogen-bond acceptors (Lipinski definition) is 5. The number of carbonyl (C=O) groups excluding carboxylic acids is 2. The fourth-order valence-corrected chi connectivity index (χ4v) is 3.30. The second-order valence-electron chi connectivity index (χ2n) is 6.67. The number of ether oxygens (including phenoxy) is 3. The van der Waals surface area contributed by atoms with Crippen molar-refractivity contribution in [2.75, 3.05) is 13.2 Å². The van der Waals surface area contributed by atoms with Crippen LogP contribution in [-0.4, -0.2) is 25.2 Å². The van der Waals surface area contributed by atoms with Gasteiger partial charge in [0.15, 0.2) is 0 Å². The Kier molecular flexibility index (Phi) is 5.35. The van der Waals surface area contributed by atoms with Crippen LogP contribution in [0.15, 0.2) is 66.7 Å². The molecule has 1 saturated heterocycles. The highest BCUT2D eigenvalue weighted by Gasteiger charge is 2.24. The lowest BCUT2D eigenvalue weighted by atomic mass is 10.0. The van der Waals surface area contributed by atoms with E-state index in [1.807, 2.05) is 24.3 Å². The second kappa shape index (κ2) is 8.23. The van der Waals surface area contributed by atoms with Gasteiger partial charge in [-0.2, -0.15) is 0 Å². The van der Waals surface area contributed by atoms with Gasteiger partial charge in [0.25, 0.3) is 0 Å². The van der Waals surface area contributed by atoms with Crippen LogP contribution >= 0.6 is 0 Å². The first kappa shape index (κ1) is 18.2. The molecular formula is C23H20O5. The van der Waals surface area contributed by atoms with E-state index in [-0.39, 0.29) is 11.9 Å². The van der Waals surface area contributed by atoms with Crippen molar-refractivity contribution in [3.63, 3.8) is 0 Å². The maximum atomic E-state index is 12.6. The summed E-state index contributed by atoms with van der Waals surface area (Å²) >= 11 is 0. The van der Waals surface area contributed by atoms with Crippen LogP contribution in [-0.2, 0) is 9.53 Å². The smallest absolute Gasteiger partial charge is 0.343 e. The Morgan fingerprint density at radius 3 is 2.11 bits per heavy atom. The van der Waals surface area contributed by atoms with Crippen molar-refractivity contribution in [1.29, 1.82) is 0 Å². The molecule has 0 N–H and O–H groups in total. The number of hydrogen-bond donors (Lipinski definition) is 0. The van der Waals surface area contributed by atoms with Crippen molar-refractivity contribution >= 4 is 22.7 Å². The first-order valence-corrected chi connectivity index (χ1v) is 9.31. The Morgan fingerprint density at radius 1 is 0.786 bits per heavy atom. The average molecular weight is 376 g/mol. The van der Waals surface area contributed by atoms with E-state index in [9.17, 15) is 9.59 Å². The molecule has 3 aromatic rings. The largest absolute Gasteiger partial charge is 0.426 e. The molecule has 1 aliphatic heterocycles. The summed E-state index contributed by atoms with van der Waals surface area (Å²) in [4.78, 5) is 25.1. The summed E-state index contributed by atoms with van der Waals surface area (Å²) in [7, 11) is 0. The average Bonchev–Trinajstić information content (AvgIpc) is 2.75. The molecule has 5 nitrogen and oxygen atoms in total. The lowest BCUT2D eigenvalue weighted by Crippen LogP contribution is -2.27. The Balaban J connectivity index is 1.64. The molecule has 0 unspecified atom stereocenters. The molecule has 0 radical (unpaired) electrons. The molecule has 0 bridgehead atoms. The molecule has 142 valence electrons. The molecule has 5 heteroatoms. The Bertz CT molecular complexity index is 985. The summed E-state index contributed by atoms with van der Waals surface area (Å²) in [5.41, 5.74) is 0.455. The molecule has 28 heavy (non-hydrogen) atoms. The van der Waals surface area contributed by atoms with E-state index in [2.05, 4.69) is 0 Å². The van der Waals surface area contributed by atoms with Gasteiger partial charge >= 0.3 is 11.9 Å². The maximum Gasteiger partial charge on any atom is 0.343 e. The van der Waals surface area contributed by atoms with Crippen molar-refractivity contribution in [3.8, 4) is 11.5 Å². The van der Waals surface area contributed by atoms with Gasteiger partial charge in [0.2, 0.25) is 0 Å². The third kappa shape index (κ3) is 3.89. The summed E-state index contributed by atoms with van der Waals surface area (Å²) in [6.07, 6.45) is 1.30. The summed E-state index contributed by atoms with van der Waals surface area (Å²) in [6, 6.07) is 19.6. The standard InChI is InChI=1S/C23H20O5/c24-22(17-6-2-1-3-7-17)27-19-10-4-8-16-9-5-11-20(21(16)19)28-23(25)18-12-14-26-15-13-18/h1-11,18H,12-15H2. The molecule has 0 saturated carbocycles. The van der Waals surface area contributed by atoms with Crippen LogP contribution in [0.25, 0.3) is 10.8 Å². The van der Waals surface area contributed by atoms with Gasteiger partial charge in [0.1, 0.15) is 11.5 Å². The monoisotopic (exact) mass is 376 g/mol. The Morgan fingerprint density at radius 2 is 1.43 bits per heavy atom. The van der Waals surface area contributed by atoms with Crippen LogP contribution < -0.4 is 9.47 Å². The number of benzene rings is 3. The zero-order chi connectivity index (χ0) is 19.3. The molecular weight excluding hydrogens is 356 g/mol. The minimum atomic E-state index is -0.460. The van der Waals surface area contributed by atoms with E-state index < -0.39 is 5.97 Å². The highest BCUT2D eigenvalue weighted by molar-refractivity contribution is 5.99. The lowest BCUT2D eigenvalue weighted by Gasteiger charge is -2.21. The number of fused-ring (bicyclic) bond motifs is 1. The number of rotatable bonds is 4. The van der Waals surface area contributed by atoms with E-state index in [1.165, 1.54) is 0 Å². The van der Waals surface area contributed by atoms with Crippen molar-refractivity contribution in [3.05, 3.63) is 72.3 Å². The molecule has 3 aromatic carbocycles. The summed E-state index contributed by atoms with van der Waals surface area (Å²) < 4.78 is 16.7. The van der Waals surface area contributed by atoms with Crippen molar-refractivity contribution in [1.82, 2.24) is 0 Å². The van der Waals surface area contributed by atoms with Gasteiger partial charge in [-0.15, -0.1) is 0 Å². The first-order valence-electron chi connectivity index (χ1n) is 9.31. The fraction of sp³-hybridized carbons (Fsp3) is 0.217. The highest BCUT2D eigenvalue weighted by atomic mass is 16.5. The molecule has 0 spiro atoms. The fourth-order valence-electron chi connectivity index (χ4n) is 3.30. The minimum absolute atomic E-state index is 0.178. The molecule has 0 amide bonds. The van der Waals surface area contributed by atoms with Crippen LogP contribution in [0.5, 0.6) is 11.5 Å². The topological polar surface area (TPSA) is 61.8 Å². The van der Waals surface area contributed by atoms with Crippen LogP contribution in [0.1, 0.15) is 23.2 Å². The molecule has 0 atom stereocenters. The molecule has 1 fully saturated rings. The third-order valence-corrected chi connectivity index (χ3v) is 4.81. The van der Waals surface area contributed by atoms with Gasteiger partial charge in [-0.3, -0.25) is 4.79 Å². The number of esters is 2. The van der Waals surface area contributed by atoms with Gasteiger partial charge in [0.05, 0.1) is 16.9 Å². The molecule has 1 aliphatic rings. The van der Waals surface area contributed by atoms with E-state index in [4.69, 9.17) is 14.2 Å². The Labute approximate surface area is 162 Å². The summed E-state index contributed by atoms with van der Waals surface area (Å²) in [5.74, 6) is -0.158. The SMILES string of the molecule is O=C(Oc1cccc2cccc(OC(=O)C3CCOCC3)c12)c1ccccc1. The van der Waals surface area contributed by atoms with Gasteiger partial charge in [0, 0.05) is 13.2 Å². The molecule has 0 aromatic heterocycles. The lowest BCUT2D eigenvalue weighted by molar-refractivity contribution is -0.141. The summed E-state index contributed by atoms with van der Waals surface area (Å²) in [5, 5.41) is 1.44.